The largest absolute Gasteiger partial charge is 0.369 e. The van der Waals surface area contributed by atoms with Crippen molar-refractivity contribution < 1.29 is 0 Å². The van der Waals surface area contributed by atoms with Crippen molar-refractivity contribution in [2.75, 3.05) is 0 Å². The summed E-state index contributed by atoms with van der Waals surface area (Å²) in [6.45, 7) is 0.561. The van der Waals surface area contributed by atoms with Crippen molar-refractivity contribution in [3.63, 3.8) is 0 Å². The van der Waals surface area contributed by atoms with Gasteiger partial charge >= 0.3 is 0 Å². The lowest BCUT2D eigenvalue weighted by atomic mass is 10.2. The number of rotatable bonds is 2. The predicted molar refractivity (Wildman–Crippen MR) is 49.4 cm³/mol. The van der Waals surface area contributed by atoms with Crippen molar-refractivity contribution in [3.8, 4) is 6.19 Å². The van der Waals surface area contributed by atoms with Gasteiger partial charge in [-0.2, -0.15) is 5.26 Å². The summed E-state index contributed by atoms with van der Waals surface area (Å²) in [6, 6.07) is 10.4. The maximum atomic E-state index is 8.17. The molecule has 1 radical (unpaired) electrons. The van der Waals surface area contributed by atoms with Crippen LogP contribution < -0.4 is 11.1 Å². The van der Waals surface area contributed by atoms with Crippen LogP contribution in [0.15, 0.2) is 29.3 Å². The Morgan fingerprint density at radius 1 is 1.62 bits per heavy atom. The quantitative estimate of drug-likeness (QED) is 0.385. The van der Waals surface area contributed by atoms with Crippen molar-refractivity contribution in [1.82, 2.24) is 5.32 Å². The molecule has 13 heavy (non-hydrogen) atoms. The summed E-state index contributed by atoms with van der Waals surface area (Å²) in [5, 5.41) is 11.0. The number of aliphatic imine (C=N–C) groups is 1. The van der Waals surface area contributed by atoms with E-state index in [1.54, 1.807) is 6.19 Å². The summed E-state index contributed by atoms with van der Waals surface area (Å²) in [5.41, 5.74) is 6.41. The van der Waals surface area contributed by atoms with Crippen LogP contribution in [0.25, 0.3) is 0 Å². The summed E-state index contributed by atoms with van der Waals surface area (Å²) in [7, 11) is 0. The van der Waals surface area contributed by atoms with Crippen LogP contribution in [0.5, 0.6) is 0 Å². The molecule has 0 fully saturated rings. The van der Waals surface area contributed by atoms with Crippen LogP contribution in [0.3, 0.4) is 0 Å². The van der Waals surface area contributed by atoms with E-state index < -0.39 is 0 Å². The highest BCUT2D eigenvalue weighted by molar-refractivity contribution is 5.78. The first kappa shape index (κ1) is 9.07. The highest BCUT2D eigenvalue weighted by Gasteiger charge is 1.91. The Morgan fingerprint density at radius 3 is 2.92 bits per heavy atom. The number of nitriles is 1. The van der Waals surface area contributed by atoms with E-state index in [9.17, 15) is 0 Å². The number of guanidine groups is 1. The Morgan fingerprint density at radius 2 is 2.31 bits per heavy atom. The molecule has 0 aliphatic heterocycles. The normalized spacial score (nSPS) is 10.5. The van der Waals surface area contributed by atoms with Gasteiger partial charge in [0.25, 0.3) is 0 Å². The molecular weight excluding hydrogens is 164 g/mol. The van der Waals surface area contributed by atoms with Crippen LogP contribution in [-0.2, 0) is 6.54 Å². The summed E-state index contributed by atoms with van der Waals surface area (Å²) in [6.07, 6.45) is 1.60. The molecule has 1 rings (SSSR count). The summed E-state index contributed by atoms with van der Waals surface area (Å²) in [5.74, 6) is 0.135. The number of nitrogens with one attached hydrogen (secondary N) is 1. The molecule has 0 spiro atoms. The first-order valence-corrected chi connectivity index (χ1v) is 3.74. The zero-order valence-electron chi connectivity index (χ0n) is 6.99. The van der Waals surface area contributed by atoms with Gasteiger partial charge in [-0.25, -0.2) is 0 Å². The van der Waals surface area contributed by atoms with Crippen molar-refractivity contribution in [3.05, 3.63) is 35.9 Å². The van der Waals surface area contributed by atoms with E-state index in [-0.39, 0.29) is 5.96 Å². The fourth-order valence-corrected chi connectivity index (χ4v) is 0.825. The summed E-state index contributed by atoms with van der Waals surface area (Å²) >= 11 is 0. The SMILES string of the molecule is N#CN=C(N)NCc1cc[c]cc1. The second-order valence-electron chi connectivity index (χ2n) is 2.36. The third kappa shape index (κ3) is 3.25. The summed E-state index contributed by atoms with van der Waals surface area (Å²) < 4.78 is 0. The van der Waals surface area contributed by atoms with Crippen LogP contribution in [0.4, 0.5) is 0 Å². The minimum atomic E-state index is 0.135. The molecule has 0 saturated heterocycles. The van der Waals surface area contributed by atoms with E-state index in [1.807, 2.05) is 24.3 Å². The van der Waals surface area contributed by atoms with Gasteiger partial charge in [0.05, 0.1) is 0 Å². The van der Waals surface area contributed by atoms with Gasteiger partial charge < -0.3 is 11.1 Å². The number of nitrogens with two attached hydrogens (primary N) is 1. The third-order valence-corrected chi connectivity index (χ3v) is 1.43. The lowest BCUT2D eigenvalue weighted by Crippen LogP contribution is -2.30. The molecule has 4 heteroatoms. The number of benzene rings is 1. The molecule has 4 nitrogen and oxygen atoms in total. The smallest absolute Gasteiger partial charge is 0.209 e. The molecule has 0 aliphatic rings. The highest BCUT2D eigenvalue weighted by atomic mass is 15.1. The molecule has 0 saturated carbocycles. The molecule has 0 amide bonds. The zero-order valence-corrected chi connectivity index (χ0v) is 6.99. The minimum Gasteiger partial charge on any atom is -0.369 e. The van der Waals surface area contributed by atoms with E-state index in [0.29, 0.717) is 6.54 Å². The monoisotopic (exact) mass is 173 g/mol. The first-order chi connectivity index (χ1) is 6.33. The minimum absolute atomic E-state index is 0.135. The molecule has 0 bridgehead atoms. The fraction of sp³-hybridized carbons (Fsp3) is 0.111. The van der Waals surface area contributed by atoms with Crippen molar-refractivity contribution >= 4 is 5.96 Å². The average Bonchev–Trinajstić information content (AvgIpc) is 2.17. The zero-order chi connectivity index (χ0) is 9.52. The number of nitrogens with zero attached hydrogens (tertiary/aromatic N) is 2. The fourth-order valence-electron chi connectivity index (χ4n) is 0.825. The molecule has 0 heterocycles. The van der Waals surface area contributed by atoms with Gasteiger partial charge in [-0.15, -0.1) is 4.99 Å². The summed E-state index contributed by atoms with van der Waals surface area (Å²) in [4.78, 5) is 3.32. The second-order valence-corrected chi connectivity index (χ2v) is 2.36. The molecule has 1 aromatic carbocycles. The third-order valence-electron chi connectivity index (χ3n) is 1.43. The van der Waals surface area contributed by atoms with Gasteiger partial charge in [0.15, 0.2) is 0 Å². The van der Waals surface area contributed by atoms with E-state index in [2.05, 4.69) is 16.4 Å². The van der Waals surface area contributed by atoms with E-state index >= 15 is 0 Å². The molecule has 0 unspecified atom stereocenters. The van der Waals surface area contributed by atoms with Crippen molar-refractivity contribution in [1.29, 1.82) is 5.26 Å². The van der Waals surface area contributed by atoms with Gasteiger partial charge in [-0.1, -0.05) is 24.3 Å². The molecule has 0 aliphatic carbocycles. The Kier molecular flexibility index (Phi) is 3.33. The van der Waals surface area contributed by atoms with Crippen molar-refractivity contribution in [2.45, 2.75) is 6.54 Å². The average molecular weight is 173 g/mol. The van der Waals surface area contributed by atoms with Gasteiger partial charge in [-0.3, -0.25) is 0 Å². The number of hydrogen-bond donors (Lipinski definition) is 2. The molecule has 0 atom stereocenters. The second kappa shape index (κ2) is 4.78. The molecule has 3 N–H and O–H groups in total. The van der Waals surface area contributed by atoms with Crippen LogP contribution >= 0.6 is 0 Å². The van der Waals surface area contributed by atoms with Crippen LogP contribution in [0, 0.1) is 17.5 Å². The topological polar surface area (TPSA) is 74.2 Å². The molecule has 65 valence electrons. The number of hydrogen-bond acceptors (Lipinski definition) is 2. The lowest BCUT2D eigenvalue weighted by molar-refractivity contribution is 0.904. The van der Waals surface area contributed by atoms with E-state index in [4.69, 9.17) is 11.0 Å². The van der Waals surface area contributed by atoms with Crippen LogP contribution in [0.2, 0.25) is 0 Å². The lowest BCUT2D eigenvalue weighted by Gasteiger charge is -2.02. The van der Waals surface area contributed by atoms with E-state index in [1.165, 1.54) is 0 Å². The molecule has 0 aromatic heterocycles. The van der Waals surface area contributed by atoms with Gasteiger partial charge in [0, 0.05) is 6.54 Å². The molecular formula is C9H9N4. The van der Waals surface area contributed by atoms with E-state index in [0.717, 1.165) is 5.56 Å². The van der Waals surface area contributed by atoms with Crippen molar-refractivity contribution in [2.24, 2.45) is 10.7 Å². The first-order valence-electron chi connectivity index (χ1n) is 3.74. The standard InChI is InChI=1S/C9H9N4/c10-7-13-9(11)12-6-8-4-2-1-3-5-8/h2-5H,6H2,(H3,11,12,13). The maximum Gasteiger partial charge on any atom is 0.209 e. The highest BCUT2D eigenvalue weighted by Crippen LogP contribution is 1.95. The maximum absolute atomic E-state index is 8.17. The van der Waals surface area contributed by atoms with Crippen LogP contribution in [-0.4, -0.2) is 5.96 Å². The Hall–Kier alpha value is -2.02. The Balaban J connectivity index is 2.45. The molecule has 1 aromatic rings. The van der Waals surface area contributed by atoms with Gasteiger partial charge in [0.1, 0.15) is 0 Å². The predicted octanol–water partition coefficient (Wildman–Crippen LogP) is 0.372. The van der Waals surface area contributed by atoms with Crippen LogP contribution in [0.1, 0.15) is 5.56 Å². The van der Waals surface area contributed by atoms with Gasteiger partial charge in [-0.05, 0) is 11.6 Å². The Labute approximate surface area is 76.7 Å². The Bertz CT molecular complexity index is 323. The van der Waals surface area contributed by atoms with Gasteiger partial charge in [0.2, 0.25) is 12.2 Å².